The van der Waals surface area contributed by atoms with Gasteiger partial charge in [0.1, 0.15) is 6.61 Å². The van der Waals surface area contributed by atoms with Gasteiger partial charge in [-0.25, -0.2) is 4.79 Å². The van der Waals surface area contributed by atoms with E-state index in [0.29, 0.717) is 12.6 Å². The number of hydrogen-bond acceptors (Lipinski definition) is 4. The molecule has 0 aromatic heterocycles. The number of amides is 1. The fourth-order valence-corrected chi connectivity index (χ4v) is 4.98. The minimum absolute atomic E-state index is 0.0926. The second-order valence-electron chi connectivity index (χ2n) is 8.39. The summed E-state index contributed by atoms with van der Waals surface area (Å²) in [6, 6.07) is 9.15. The highest BCUT2D eigenvalue weighted by Gasteiger charge is 2.32. The van der Waals surface area contributed by atoms with E-state index in [1.54, 1.807) is 0 Å². The molecule has 5 nitrogen and oxygen atoms in total. The predicted molar refractivity (Wildman–Crippen MR) is 108 cm³/mol. The first-order valence-corrected chi connectivity index (χ1v) is 10.7. The third-order valence-electron chi connectivity index (χ3n) is 6.73. The normalized spacial score (nSPS) is 27.1. The minimum atomic E-state index is -0.0926. The molecule has 1 saturated carbocycles. The maximum absolute atomic E-state index is 11.7. The maximum Gasteiger partial charge on any atom is 0.410 e. The van der Waals surface area contributed by atoms with E-state index >= 15 is 0 Å². The zero-order valence-corrected chi connectivity index (χ0v) is 16.6. The number of benzene rings is 1. The second kappa shape index (κ2) is 8.51. The molecule has 1 aliphatic carbocycles. The Balaban J connectivity index is 1.17. The summed E-state index contributed by atoms with van der Waals surface area (Å²) >= 11 is 0. The molecular weight excluding hydrogens is 338 g/mol. The summed E-state index contributed by atoms with van der Waals surface area (Å²) in [5.74, 6) is 0.828. The molecular formula is C22H33N3O2. The van der Waals surface area contributed by atoms with Crippen molar-refractivity contribution in [3.8, 4) is 0 Å². The van der Waals surface area contributed by atoms with Crippen LogP contribution in [0.3, 0.4) is 0 Å². The molecule has 5 heteroatoms. The standard InChI is InChI=1S/C22H33N3O2/c1-18-4-2-3-5-21(18)24-14-12-23(13-15-24)11-10-19-6-8-20(9-7-19)25-16-17-27-22(25)26/h2-5,19-20H,6-17H2,1H3. The number of para-hydroxylation sites is 1. The Labute approximate surface area is 163 Å². The van der Waals surface area contributed by atoms with Gasteiger partial charge in [-0.2, -0.15) is 0 Å². The maximum atomic E-state index is 11.7. The van der Waals surface area contributed by atoms with Gasteiger partial charge in [-0.1, -0.05) is 18.2 Å². The molecule has 1 aromatic rings. The number of nitrogens with zero attached hydrogens (tertiary/aromatic N) is 3. The van der Waals surface area contributed by atoms with Crippen molar-refractivity contribution < 1.29 is 9.53 Å². The number of carbonyl (C=O) groups is 1. The van der Waals surface area contributed by atoms with Crippen molar-refractivity contribution in [2.45, 2.75) is 45.1 Å². The molecule has 0 radical (unpaired) electrons. The Morgan fingerprint density at radius 2 is 1.74 bits per heavy atom. The molecule has 0 atom stereocenters. The zero-order chi connectivity index (χ0) is 18.6. The summed E-state index contributed by atoms with van der Waals surface area (Å²) in [4.78, 5) is 18.9. The van der Waals surface area contributed by atoms with E-state index in [9.17, 15) is 4.79 Å². The van der Waals surface area contributed by atoms with Gasteiger partial charge in [-0.3, -0.25) is 4.90 Å². The highest BCUT2D eigenvalue weighted by molar-refractivity contribution is 5.69. The number of carbonyl (C=O) groups excluding carboxylic acids is 1. The van der Waals surface area contributed by atoms with Gasteiger partial charge in [0, 0.05) is 37.9 Å². The first kappa shape index (κ1) is 18.6. The number of anilines is 1. The Bertz CT molecular complexity index is 634. The second-order valence-corrected chi connectivity index (χ2v) is 8.39. The largest absolute Gasteiger partial charge is 0.448 e. The average Bonchev–Trinajstić information content (AvgIpc) is 3.14. The molecule has 1 aromatic carbocycles. The quantitative estimate of drug-likeness (QED) is 0.793. The molecule has 4 rings (SSSR count). The molecule has 3 aliphatic rings. The third kappa shape index (κ3) is 4.40. The van der Waals surface area contributed by atoms with Crippen LogP contribution in [0.5, 0.6) is 0 Å². The van der Waals surface area contributed by atoms with Crippen molar-refractivity contribution >= 4 is 11.8 Å². The smallest absolute Gasteiger partial charge is 0.410 e. The van der Waals surface area contributed by atoms with E-state index < -0.39 is 0 Å². The molecule has 148 valence electrons. The number of aryl methyl sites for hydroxylation is 1. The average molecular weight is 372 g/mol. The summed E-state index contributed by atoms with van der Waals surface area (Å²) in [5.41, 5.74) is 2.78. The highest BCUT2D eigenvalue weighted by atomic mass is 16.6. The molecule has 1 amide bonds. The van der Waals surface area contributed by atoms with Gasteiger partial charge < -0.3 is 14.5 Å². The van der Waals surface area contributed by atoms with Crippen LogP contribution in [0.1, 0.15) is 37.7 Å². The van der Waals surface area contributed by atoms with E-state index in [2.05, 4.69) is 41.0 Å². The molecule has 2 heterocycles. The number of hydrogen-bond donors (Lipinski definition) is 0. The van der Waals surface area contributed by atoms with Crippen molar-refractivity contribution in [3.05, 3.63) is 29.8 Å². The van der Waals surface area contributed by atoms with Gasteiger partial charge in [0.05, 0.1) is 6.54 Å². The topological polar surface area (TPSA) is 36.0 Å². The van der Waals surface area contributed by atoms with Gasteiger partial charge in [0.15, 0.2) is 0 Å². The van der Waals surface area contributed by atoms with Gasteiger partial charge >= 0.3 is 6.09 Å². The van der Waals surface area contributed by atoms with Crippen LogP contribution in [0, 0.1) is 12.8 Å². The summed E-state index contributed by atoms with van der Waals surface area (Å²) in [6.07, 6.45) is 6.04. The molecule has 2 aliphatic heterocycles. The lowest BCUT2D eigenvalue weighted by atomic mass is 9.83. The summed E-state index contributed by atoms with van der Waals surface area (Å²) < 4.78 is 5.10. The molecule has 2 saturated heterocycles. The van der Waals surface area contributed by atoms with Gasteiger partial charge in [0.2, 0.25) is 0 Å². The van der Waals surface area contributed by atoms with Crippen LogP contribution in [0.4, 0.5) is 10.5 Å². The first-order chi connectivity index (χ1) is 13.2. The fraction of sp³-hybridized carbons (Fsp3) is 0.682. The minimum Gasteiger partial charge on any atom is -0.448 e. The van der Waals surface area contributed by atoms with Gasteiger partial charge in [-0.05, 0) is 63.1 Å². The van der Waals surface area contributed by atoms with Crippen molar-refractivity contribution in [2.24, 2.45) is 5.92 Å². The van der Waals surface area contributed by atoms with Crippen LogP contribution < -0.4 is 4.90 Å². The van der Waals surface area contributed by atoms with E-state index in [4.69, 9.17) is 4.74 Å². The van der Waals surface area contributed by atoms with Crippen LogP contribution in [0.25, 0.3) is 0 Å². The molecule has 0 bridgehead atoms. The van der Waals surface area contributed by atoms with Crippen LogP contribution in [-0.2, 0) is 4.74 Å². The SMILES string of the molecule is Cc1ccccc1N1CCN(CCC2CCC(N3CCOC3=O)CC2)CC1. The summed E-state index contributed by atoms with van der Waals surface area (Å²) in [6.45, 7) is 9.41. The number of rotatable bonds is 5. The van der Waals surface area contributed by atoms with Crippen molar-refractivity contribution in [1.29, 1.82) is 0 Å². The first-order valence-electron chi connectivity index (χ1n) is 10.7. The van der Waals surface area contributed by atoms with Crippen LogP contribution >= 0.6 is 0 Å². The summed E-state index contributed by atoms with van der Waals surface area (Å²) in [5, 5.41) is 0. The predicted octanol–water partition coefficient (Wildman–Crippen LogP) is 3.52. The van der Waals surface area contributed by atoms with Crippen molar-refractivity contribution in [2.75, 3.05) is 50.8 Å². The Morgan fingerprint density at radius 1 is 1.00 bits per heavy atom. The molecule has 0 spiro atoms. The van der Waals surface area contributed by atoms with Crippen LogP contribution in [-0.4, -0.2) is 67.8 Å². The van der Waals surface area contributed by atoms with Crippen molar-refractivity contribution in [3.63, 3.8) is 0 Å². The summed E-state index contributed by atoms with van der Waals surface area (Å²) in [7, 11) is 0. The molecule has 0 N–H and O–H groups in total. The number of ether oxygens (including phenoxy) is 1. The zero-order valence-electron chi connectivity index (χ0n) is 16.6. The monoisotopic (exact) mass is 371 g/mol. The van der Waals surface area contributed by atoms with E-state index in [-0.39, 0.29) is 6.09 Å². The lowest BCUT2D eigenvalue weighted by molar-refractivity contribution is 0.128. The third-order valence-corrected chi connectivity index (χ3v) is 6.73. The Hall–Kier alpha value is -1.75. The lowest BCUT2D eigenvalue weighted by Crippen LogP contribution is -2.47. The van der Waals surface area contributed by atoms with Crippen LogP contribution in [0.2, 0.25) is 0 Å². The van der Waals surface area contributed by atoms with E-state index in [1.807, 2.05) is 4.90 Å². The van der Waals surface area contributed by atoms with E-state index in [1.165, 1.54) is 50.1 Å². The van der Waals surface area contributed by atoms with Crippen molar-refractivity contribution in [1.82, 2.24) is 9.80 Å². The lowest BCUT2D eigenvalue weighted by Gasteiger charge is -2.38. The fourth-order valence-electron chi connectivity index (χ4n) is 4.98. The molecule has 0 unspecified atom stereocenters. The Morgan fingerprint density at radius 3 is 2.41 bits per heavy atom. The Kier molecular flexibility index (Phi) is 5.86. The van der Waals surface area contributed by atoms with Crippen LogP contribution in [0.15, 0.2) is 24.3 Å². The number of cyclic esters (lactones) is 1. The number of piperazine rings is 1. The highest BCUT2D eigenvalue weighted by Crippen LogP contribution is 2.31. The molecule has 3 fully saturated rings. The van der Waals surface area contributed by atoms with Gasteiger partial charge in [0.25, 0.3) is 0 Å². The van der Waals surface area contributed by atoms with E-state index in [0.717, 1.165) is 38.4 Å². The molecule has 27 heavy (non-hydrogen) atoms. The van der Waals surface area contributed by atoms with Gasteiger partial charge in [-0.15, -0.1) is 0 Å².